The zero-order valence-corrected chi connectivity index (χ0v) is 17.1. The zero-order chi connectivity index (χ0) is 20.4. The molecule has 0 saturated carbocycles. The number of hydrogen-bond acceptors (Lipinski definition) is 5. The maximum Gasteiger partial charge on any atom is 0.274 e. The van der Waals surface area contributed by atoms with Crippen LogP contribution >= 0.6 is 0 Å². The van der Waals surface area contributed by atoms with Gasteiger partial charge in [-0.2, -0.15) is 5.10 Å². The zero-order valence-electron chi connectivity index (χ0n) is 17.1. The fraction of sp³-hybridized carbons (Fsp3) is 0.400. The van der Waals surface area contributed by atoms with Crippen molar-refractivity contribution in [2.45, 2.75) is 47.2 Å². The van der Waals surface area contributed by atoms with Crippen LogP contribution in [0.4, 0.5) is 0 Å². The van der Waals surface area contributed by atoms with Crippen molar-refractivity contribution in [3.05, 3.63) is 52.6 Å². The molecule has 1 N–H and O–H groups in total. The molecule has 8 heteroatoms. The molecule has 0 aliphatic heterocycles. The number of carbonyl (C=O) groups excluding carboxylic acids is 1. The molecule has 0 aliphatic rings. The molecule has 3 rings (SSSR count). The van der Waals surface area contributed by atoms with Crippen LogP contribution in [0.5, 0.6) is 5.75 Å². The molecule has 2 aromatic heterocycles. The van der Waals surface area contributed by atoms with Gasteiger partial charge in [-0.25, -0.2) is 4.68 Å². The van der Waals surface area contributed by atoms with Gasteiger partial charge in [-0.3, -0.25) is 9.48 Å². The number of ether oxygens (including phenoxy) is 1. The summed E-state index contributed by atoms with van der Waals surface area (Å²) < 4.78 is 8.83. The number of hydrogen-bond donors (Lipinski definition) is 1. The van der Waals surface area contributed by atoms with E-state index in [-0.39, 0.29) is 11.9 Å². The molecule has 0 unspecified atom stereocenters. The van der Waals surface area contributed by atoms with E-state index < -0.39 is 0 Å². The minimum Gasteiger partial charge on any atom is -0.497 e. The van der Waals surface area contributed by atoms with Gasteiger partial charge in [0.25, 0.3) is 5.91 Å². The van der Waals surface area contributed by atoms with Gasteiger partial charge < -0.3 is 10.1 Å². The Hall–Kier alpha value is -3.16. The number of nitrogens with one attached hydrogen (secondary N) is 1. The molecule has 1 atom stereocenters. The van der Waals surface area contributed by atoms with E-state index in [2.05, 4.69) is 20.7 Å². The Labute approximate surface area is 164 Å². The Morgan fingerprint density at radius 2 is 2.00 bits per heavy atom. The van der Waals surface area contributed by atoms with Gasteiger partial charge in [-0.1, -0.05) is 11.3 Å². The standard InChI is InChI=1S/C20H26N6O2/c1-7-25-14(4)18(13(3)23-25)12(2)21-20(27)19-15(5)26(24-22-19)16-9-8-10-17(11-16)28-6/h8-12H,7H2,1-6H3,(H,21,27)/t12-/m1/s1. The van der Waals surface area contributed by atoms with Crippen LogP contribution in [-0.2, 0) is 6.54 Å². The van der Waals surface area contributed by atoms with Crippen LogP contribution in [-0.4, -0.2) is 37.8 Å². The highest BCUT2D eigenvalue weighted by atomic mass is 16.5. The second-order valence-corrected chi connectivity index (χ2v) is 6.73. The summed E-state index contributed by atoms with van der Waals surface area (Å²) in [5, 5.41) is 15.8. The monoisotopic (exact) mass is 382 g/mol. The molecule has 0 radical (unpaired) electrons. The van der Waals surface area contributed by atoms with Crippen LogP contribution in [0.1, 0.15) is 53.0 Å². The summed E-state index contributed by atoms with van der Waals surface area (Å²) in [6.45, 7) is 10.6. The van der Waals surface area contributed by atoms with Crippen molar-refractivity contribution in [2.24, 2.45) is 0 Å². The third-order valence-electron chi connectivity index (χ3n) is 4.93. The highest BCUT2D eigenvalue weighted by molar-refractivity contribution is 5.93. The fourth-order valence-corrected chi connectivity index (χ4v) is 3.51. The number of nitrogens with zero attached hydrogens (tertiary/aromatic N) is 5. The molecule has 2 heterocycles. The predicted molar refractivity (Wildman–Crippen MR) is 106 cm³/mol. The molecule has 3 aromatic rings. The van der Waals surface area contributed by atoms with E-state index in [1.54, 1.807) is 11.8 Å². The predicted octanol–water partition coefficient (Wildman–Crippen LogP) is 2.91. The van der Waals surface area contributed by atoms with Crippen LogP contribution in [0, 0.1) is 20.8 Å². The maximum absolute atomic E-state index is 12.8. The summed E-state index contributed by atoms with van der Waals surface area (Å²) in [5.74, 6) is 0.452. The molecule has 0 fully saturated rings. The lowest BCUT2D eigenvalue weighted by Crippen LogP contribution is -2.28. The smallest absolute Gasteiger partial charge is 0.274 e. The quantitative estimate of drug-likeness (QED) is 0.708. The first-order valence-electron chi connectivity index (χ1n) is 9.28. The average Bonchev–Trinajstić information content (AvgIpc) is 3.20. The Morgan fingerprint density at radius 3 is 2.64 bits per heavy atom. The van der Waals surface area contributed by atoms with Gasteiger partial charge in [0.1, 0.15) is 5.75 Å². The van der Waals surface area contributed by atoms with Crippen molar-refractivity contribution in [1.82, 2.24) is 30.1 Å². The van der Waals surface area contributed by atoms with E-state index in [0.717, 1.165) is 29.2 Å². The van der Waals surface area contributed by atoms with Crippen LogP contribution in [0.3, 0.4) is 0 Å². The number of methoxy groups -OCH3 is 1. The topological polar surface area (TPSA) is 86.9 Å². The van der Waals surface area contributed by atoms with E-state index in [9.17, 15) is 4.79 Å². The molecular weight excluding hydrogens is 356 g/mol. The second-order valence-electron chi connectivity index (χ2n) is 6.73. The van der Waals surface area contributed by atoms with Crippen molar-refractivity contribution in [1.29, 1.82) is 0 Å². The summed E-state index contributed by atoms with van der Waals surface area (Å²) in [5.41, 5.74) is 4.76. The Morgan fingerprint density at radius 1 is 1.25 bits per heavy atom. The number of amides is 1. The van der Waals surface area contributed by atoms with E-state index >= 15 is 0 Å². The highest BCUT2D eigenvalue weighted by Gasteiger charge is 2.23. The van der Waals surface area contributed by atoms with Crippen molar-refractivity contribution >= 4 is 5.91 Å². The summed E-state index contributed by atoms with van der Waals surface area (Å²) in [6, 6.07) is 7.27. The van der Waals surface area contributed by atoms with E-state index in [4.69, 9.17) is 4.74 Å². The van der Waals surface area contributed by atoms with E-state index in [0.29, 0.717) is 17.1 Å². The molecule has 0 saturated heterocycles. The maximum atomic E-state index is 12.8. The third kappa shape index (κ3) is 3.49. The average molecular weight is 382 g/mol. The fourth-order valence-electron chi connectivity index (χ4n) is 3.51. The van der Waals surface area contributed by atoms with Gasteiger partial charge in [0, 0.05) is 23.9 Å². The Bertz CT molecular complexity index is 1000. The molecule has 0 aliphatic carbocycles. The van der Waals surface area contributed by atoms with E-state index in [1.165, 1.54) is 0 Å². The lowest BCUT2D eigenvalue weighted by Gasteiger charge is -2.14. The molecule has 148 valence electrons. The number of benzene rings is 1. The van der Waals surface area contributed by atoms with Gasteiger partial charge in [-0.15, -0.1) is 5.10 Å². The lowest BCUT2D eigenvalue weighted by molar-refractivity contribution is 0.0934. The first-order valence-corrected chi connectivity index (χ1v) is 9.28. The second kappa shape index (κ2) is 7.84. The summed E-state index contributed by atoms with van der Waals surface area (Å²) in [7, 11) is 1.61. The number of aromatic nitrogens is 5. The molecular formula is C20H26N6O2. The molecule has 0 bridgehead atoms. The Balaban J connectivity index is 1.84. The summed E-state index contributed by atoms with van der Waals surface area (Å²) >= 11 is 0. The van der Waals surface area contributed by atoms with E-state index in [1.807, 2.05) is 63.6 Å². The molecule has 1 amide bonds. The molecule has 0 spiro atoms. The van der Waals surface area contributed by atoms with Gasteiger partial charge in [-0.05, 0) is 46.8 Å². The summed E-state index contributed by atoms with van der Waals surface area (Å²) in [6.07, 6.45) is 0. The highest BCUT2D eigenvalue weighted by Crippen LogP contribution is 2.22. The lowest BCUT2D eigenvalue weighted by atomic mass is 10.1. The van der Waals surface area contributed by atoms with Crippen LogP contribution in [0.2, 0.25) is 0 Å². The largest absolute Gasteiger partial charge is 0.497 e. The molecule has 1 aromatic carbocycles. The van der Waals surface area contributed by atoms with Crippen LogP contribution in [0.25, 0.3) is 5.69 Å². The normalized spacial score (nSPS) is 12.1. The van der Waals surface area contributed by atoms with Crippen molar-refractivity contribution < 1.29 is 9.53 Å². The van der Waals surface area contributed by atoms with Crippen LogP contribution in [0.15, 0.2) is 24.3 Å². The minimum absolute atomic E-state index is 0.186. The van der Waals surface area contributed by atoms with Gasteiger partial charge >= 0.3 is 0 Å². The van der Waals surface area contributed by atoms with Gasteiger partial charge in [0.15, 0.2) is 5.69 Å². The first kappa shape index (κ1) is 19.6. The number of carbonyl (C=O) groups is 1. The van der Waals surface area contributed by atoms with Crippen LogP contribution < -0.4 is 10.1 Å². The molecule has 8 nitrogen and oxygen atoms in total. The third-order valence-corrected chi connectivity index (χ3v) is 4.93. The summed E-state index contributed by atoms with van der Waals surface area (Å²) in [4.78, 5) is 12.8. The van der Waals surface area contributed by atoms with Gasteiger partial charge in [0.2, 0.25) is 0 Å². The van der Waals surface area contributed by atoms with Crippen molar-refractivity contribution in [3.63, 3.8) is 0 Å². The Kier molecular flexibility index (Phi) is 5.48. The van der Waals surface area contributed by atoms with Gasteiger partial charge in [0.05, 0.1) is 30.2 Å². The number of rotatable bonds is 6. The van der Waals surface area contributed by atoms with Crippen molar-refractivity contribution in [3.8, 4) is 11.4 Å². The minimum atomic E-state index is -0.262. The molecule has 28 heavy (non-hydrogen) atoms. The van der Waals surface area contributed by atoms with Crippen molar-refractivity contribution in [2.75, 3.05) is 7.11 Å². The number of aryl methyl sites for hydroxylation is 2. The first-order chi connectivity index (χ1) is 13.4. The SMILES string of the molecule is CCn1nc(C)c([C@@H](C)NC(=O)c2nnn(-c3cccc(OC)c3)c2C)c1C.